The van der Waals surface area contributed by atoms with Crippen LogP contribution in [0.15, 0.2) is 24.3 Å². The molecule has 3 N–H and O–H groups in total. The lowest BCUT2D eigenvalue weighted by Gasteiger charge is -2.29. The molecule has 0 aliphatic heterocycles. The first-order valence-corrected chi connectivity index (χ1v) is 12.4. The minimum Gasteiger partial charge on any atom is -0.324 e. The number of benzene rings is 1. The zero-order chi connectivity index (χ0) is 20.2. The highest BCUT2D eigenvalue weighted by Gasteiger charge is 2.23. The molecule has 0 saturated carbocycles. The fourth-order valence-corrected chi connectivity index (χ4v) is 4.02. The zero-order valence-corrected chi connectivity index (χ0v) is 18.4. The van der Waals surface area contributed by atoms with E-state index in [9.17, 15) is 4.57 Å². The first-order valence-electron chi connectivity index (χ1n) is 10.6. The summed E-state index contributed by atoms with van der Waals surface area (Å²) in [6.07, 6.45) is 12.4. The maximum absolute atomic E-state index is 11.0. The van der Waals surface area contributed by atoms with Gasteiger partial charge in [-0.3, -0.25) is 4.57 Å². The summed E-state index contributed by atoms with van der Waals surface area (Å²) in [5.41, 5.74) is 2.66. The minimum atomic E-state index is -3.89. The predicted octanol–water partition coefficient (Wildman–Crippen LogP) is 5.46. The van der Waals surface area contributed by atoms with Crippen molar-refractivity contribution in [2.75, 3.05) is 13.2 Å². The number of nitrogens with one attached hydrogen (secondary N) is 1. The summed E-state index contributed by atoms with van der Waals surface area (Å²) in [4.78, 5) is 18.1. The molecule has 0 amide bonds. The van der Waals surface area contributed by atoms with Gasteiger partial charge in [-0.2, -0.15) is 0 Å². The Labute approximate surface area is 166 Å². The maximum atomic E-state index is 11.0. The Kier molecular flexibility index (Phi) is 11.5. The van der Waals surface area contributed by atoms with Gasteiger partial charge in [-0.05, 0) is 63.6 Å². The van der Waals surface area contributed by atoms with Gasteiger partial charge in [0, 0.05) is 11.7 Å². The summed E-state index contributed by atoms with van der Waals surface area (Å²) >= 11 is 0. The molecule has 5 heteroatoms. The van der Waals surface area contributed by atoms with E-state index in [1.807, 2.05) is 7.05 Å². The van der Waals surface area contributed by atoms with Gasteiger partial charge in [0.2, 0.25) is 0 Å². The van der Waals surface area contributed by atoms with Crippen molar-refractivity contribution < 1.29 is 14.4 Å². The summed E-state index contributed by atoms with van der Waals surface area (Å²) in [6.45, 7) is 4.39. The summed E-state index contributed by atoms with van der Waals surface area (Å²) < 4.78 is 11.0. The van der Waals surface area contributed by atoms with Crippen LogP contribution in [0.25, 0.3) is 0 Å². The van der Waals surface area contributed by atoms with Gasteiger partial charge in [-0.25, -0.2) is 0 Å². The third kappa shape index (κ3) is 11.7. The SMILES string of the molecule is CCCCCCCCc1ccc(CCC(C)(CCCP(=O)(O)O)NC)cc1. The Morgan fingerprint density at radius 2 is 1.44 bits per heavy atom. The average Bonchev–Trinajstić information content (AvgIpc) is 2.63. The van der Waals surface area contributed by atoms with E-state index in [1.54, 1.807) is 0 Å². The van der Waals surface area contributed by atoms with E-state index in [2.05, 4.69) is 43.4 Å². The second-order valence-corrected chi connectivity index (χ2v) is 9.91. The van der Waals surface area contributed by atoms with Gasteiger partial charge in [0.05, 0.1) is 0 Å². The Hall–Kier alpha value is -0.670. The van der Waals surface area contributed by atoms with Crippen molar-refractivity contribution in [1.82, 2.24) is 5.32 Å². The first kappa shape index (κ1) is 24.4. The number of hydrogen-bond donors (Lipinski definition) is 3. The van der Waals surface area contributed by atoms with E-state index in [-0.39, 0.29) is 11.7 Å². The molecule has 0 spiro atoms. The molecule has 1 rings (SSSR count). The van der Waals surface area contributed by atoms with Crippen molar-refractivity contribution in [3.05, 3.63) is 35.4 Å². The second-order valence-electron chi connectivity index (χ2n) is 8.14. The van der Waals surface area contributed by atoms with Crippen molar-refractivity contribution in [3.8, 4) is 0 Å². The number of aryl methyl sites for hydroxylation is 2. The van der Waals surface area contributed by atoms with Crippen LogP contribution in [0.2, 0.25) is 0 Å². The van der Waals surface area contributed by atoms with Gasteiger partial charge in [-0.15, -0.1) is 0 Å². The van der Waals surface area contributed by atoms with Gasteiger partial charge in [0.1, 0.15) is 0 Å². The highest BCUT2D eigenvalue weighted by molar-refractivity contribution is 7.51. The van der Waals surface area contributed by atoms with Crippen molar-refractivity contribution in [3.63, 3.8) is 0 Å². The monoisotopic (exact) mass is 397 g/mol. The summed E-state index contributed by atoms with van der Waals surface area (Å²) in [5.74, 6) is 0. The van der Waals surface area contributed by atoms with Crippen LogP contribution in [0.5, 0.6) is 0 Å². The highest BCUT2D eigenvalue weighted by Crippen LogP contribution is 2.36. The average molecular weight is 398 g/mol. The van der Waals surface area contributed by atoms with E-state index >= 15 is 0 Å². The van der Waals surface area contributed by atoms with E-state index in [0.717, 1.165) is 19.3 Å². The molecule has 0 aromatic heterocycles. The topological polar surface area (TPSA) is 69.6 Å². The van der Waals surface area contributed by atoms with Crippen LogP contribution < -0.4 is 5.32 Å². The van der Waals surface area contributed by atoms with Crippen LogP contribution in [0, 0.1) is 0 Å². The van der Waals surface area contributed by atoms with Gasteiger partial charge < -0.3 is 15.1 Å². The zero-order valence-electron chi connectivity index (χ0n) is 17.5. The molecular formula is C22H40NO3P. The van der Waals surface area contributed by atoms with E-state index in [0.29, 0.717) is 6.42 Å². The van der Waals surface area contributed by atoms with Gasteiger partial charge in [0.25, 0.3) is 0 Å². The quantitative estimate of drug-likeness (QED) is 0.272. The molecule has 1 unspecified atom stereocenters. The molecule has 1 atom stereocenters. The lowest BCUT2D eigenvalue weighted by molar-refractivity contribution is 0.321. The van der Waals surface area contributed by atoms with Crippen LogP contribution in [-0.2, 0) is 17.4 Å². The number of hydrogen-bond acceptors (Lipinski definition) is 2. The van der Waals surface area contributed by atoms with E-state index in [4.69, 9.17) is 9.79 Å². The van der Waals surface area contributed by atoms with Crippen molar-refractivity contribution in [1.29, 1.82) is 0 Å². The van der Waals surface area contributed by atoms with Crippen LogP contribution in [0.4, 0.5) is 0 Å². The molecule has 0 radical (unpaired) electrons. The van der Waals surface area contributed by atoms with Gasteiger partial charge in [-0.1, -0.05) is 63.3 Å². The standard InChI is InChI=1S/C22H40NO3P/c1-4-5-6-7-8-9-11-20-12-14-21(15-13-20)16-18-22(2,23-3)17-10-19-27(24,25)26/h12-15,23H,4-11,16-19H2,1-3H3,(H2,24,25,26). The van der Waals surface area contributed by atoms with Crippen LogP contribution in [0.3, 0.4) is 0 Å². The van der Waals surface area contributed by atoms with Crippen LogP contribution in [0.1, 0.15) is 82.8 Å². The highest BCUT2D eigenvalue weighted by atomic mass is 31.2. The molecule has 0 heterocycles. The molecule has 156 valence electrons. The van der Waals surface area contributed by atoms with E-state index < -0.39 is 7.60 Å². The fraction of sp³-hybridized carbons (Fsp3) is 0.727. The van der Waals surface area contributed by atoms with Crippen molar-refractivity contribution >= 4 is 7.60 Å². The molecule has 4 nitrogen and oxygen atoms in total. The summed E-state index contributed by atoms with van der Waals surface area (Å²) in [7, 11) is -1.96. The Balaban J connectivity index is 2.35. The largest absolute Gasteiger partial charge is 0.325 e. The molecule has 0 aliphatic rings. The first-order chi connectivity index (χ1) is 12.8. The molecule has 0 fully saturated rings. The molecule has 0 aliphatic carbocycles. The molecule has 1 aromatic carbocycles. The van der Waals surface area contributed by atoms with Gasteiger partial charge in [0.15, 0.2) is 0 Å². The molecule has 1 aromatic rings. The normalized spacial score (nSPS) is 14.3. The molecule has 27 heavy (non-hydrogen) atoms. The van der Waals surface area contributed by atoms with Crippen LogP contribution in [-0.4, -0.2) is 28.5 Å². The second kappa shape index (κ2) is 12.7. The molecular weight excluding hydrogens is 357 g/mol. The van der Waals surface area contributed by atoms with Crippen molar-refractivity contribution in [2.24, 2.45) is 0 Å². The Morgan fingerprint density at radius 3 is 2.00 bits per heavy atom. The lowest BCUT2D eigenvalue weighted by Crippen LogP contribution is -2.40. The number of unbranched alkanes of at least 4 members (excludes halogenated alkanes) is 5. The third-order valence-electron chi connectivity index (χ3n) is 5.59. The predicted molar refractivity (Wildman–Crippen MR) is 115 cm³/mol. The summed E-state index contributed by atoms with van der Waals surface area (Å²) in [5, 5.41) is 3.34. The lowest BCUT2D eigenvalue weighted by atomic mass is 9.89. The minimum absolute atomic E-state index is 0.0303. The van der Waals surface area contributed by atoms with Crippen LogP contribution >= 0.6 is 7.60 Å². The number of rotatable bonds is 15. The smallest absolute Gasteiger partial charge is 0.324 e. The maximum Gasteiger partial charge on any atom is 0.325 e. The Morgan fingerprint density at radius 1 is 0.889 bits per heavy atom. The molecule has 0 bridgehead atoms. The molecule has 0 saturated heterocycles. The Bertz CT molecular complexity index is 555. The van der Waals surface area contributed by atoms with Gasteiger partial charge >= 0.3 is 7.60 Å². The van der Waals surface area contributed by atoms with Crippen molar-refractivity contribution in [2.45, 2.75) is 90.0 Å². The summed E-state index contributed by atoms with van der Waals surface area (Å²) in [6, 6.07) is 8.98. The fourth-order valence-electron chi connectivity index (χ4n) is 3.45. The third-order valence-corrected chi connectivity index (χ3v) is 6.49. The van der Waals surface area contributed by atoms with E-state index in [1.165, 1.54) is 56.1 Å².